The van der Waals surface area contributed by atoms with Crippen LogP contribution in [-0.2, 0) is 4.79 Å². The molecule has 1 heterocycles. The molecule has 0 saturated carbocycles. The third-order valence-electron chi connectivity index (χ3n) is 2.97. The standard InChI is InChI=1S/C12H14N2O3/c1-12(11(15)16)7-10(13-14-12)8-3-5-9(17-2)6-4-8/h3-6,10H,7H2,1-2H3,(H,15,16). The predicted molar refractivity (Wildman–Crippen MR) is 61.2 cm³/mol. The van der Waals surface area contributed by atoms with Crippen molar-refractivity contribution < 1.29 is 14.6 Å². The van der Waals surface area contributed by atoms with E-state index in [-0.39, 0.29) is 6.04 Å². The van der Waals surface area contributed by atoms with Gasteiger partial charge in [0.15, 0.2) is 5.54 Å². The van der Waals surface area contributed by atoms with E-state index in [4.69, 9.17) is 9.84 Å². The quantitative estimate of drug-likeness (QED) is 0.873. The molecule has 5 nitrogen and oxygen atoms in total. The van der Waals surface area contributed by atoms with Crippen molar-refractivity contribution in [3.8, 4) is 5.75 Å². The number of hydrogen-bond donors (Lipinski definition) is 1. The van der Waals surface area contributed by atoms with Crippen molar-refractivity contribution in [1.29, 1.82) is 0 Å². The number of rotatable bonds is 3. The van der Waals surface area contributed by atoms with Crippen LogP contribution in [0.4, 0.5) is 0 Å². The van der Waals surface area contributed by atoms with Crippen LogP contribution < -0.4 is 4.74 Å². The zero-order valence-electron chi connectivity index (χ0n) is 9.75. The fraction of sp³-hybridized carbons (Fsp3) is 0.417. The Balaban J connectivity index is 2.16. The number of benzene rings is 1. The molecule has 0 spiro atoms. The molecule has 2 rings (SSSR count). The Labute approximate surface area is 99.1 Å². The minimum absolute atomic E-state index is 0.179. The van der Waals surface area contributed by atoms with Gasteiger partial charge in [-0.3, -0.25) is 0 Å². The second-order valence-corrected chi connectivity index (χ2v) is 4.29. The van der Waals surface area contributed by atoms with Crippen LogP contribution in [0, 0.1) is 0 Å². The van der Waals surface area contributed by atoms with Gasteiger partial charge >= 0.3 is 5.97 Å². The van der Waals surface area contributed by atoms with Gasteiger partial charge in [0, 0.05) is 6.42 Å². The number of aliphatic carboxylic acids is 1. The largest absolute Gasteiger partial charge is 0.497 e. The molecule has 1 aromatic rings. The van der Waals surface area contributed by atoms with Crippen molar-refractivity contribution >= 4 is 5.97 Å². The Morgan fingerprint density at radius 3 is 2.59 bits per heavy atom. The zero-order chi connectivity index (χ0) is 12.5. The molecule has 1 aliphatic rings. The van der Waals surface area contributed by atoms with Crippen LogP contribution >= 0.6 is 0 Å². The van der Waals surface area contributed by atoms with E-state index in [9.17, 15) is 4.79 Å². The van der Waals surface area contributed by atoms with Gasteiger partial charge in [0.1, 0.15) is 5.75 Å². The first kappa shape index (κ1) is 11.6. The highest BCUT2D eigenvalue weighted by Gasteiger charge is 2.41. The van der Waals surface area contributed by atoms with E-state index in [1.807, 2.05) is 24.3 Å². The highest BCUT2D eigenvalue weighted by molar-refractivity contribution is 5.78. The molecule has 0 fully saturated rings. The predicted octanol–water partition coefficient (Wildman–Crippen LogP) is 2.44. The number of carboxylic acids is 1. The molecule has 0 aromatic heterocycles. The number of ether oxygens (including phenoxy) is 1. The smallest absolute Gasteiger partial charge is 0.333 e. The lowest BCUT2D eigenvalue weighted by molar-refractivity contribution is -0.142. The van der Waals surface area contributed by atoms with Gasteiger partial charge in [0.05, 0.1) is 13.2 Å². The van der Waals surface area contributed by atoms with E-state index >= 15 is 0 Å². The van der Waals surface area contributed by atoms with Crippen LogP contribution in [-0.4, -0.2) is 23.7 Å². The molecule has 0 aliphatic carbocycles. The van der Waals surface area contributed by atoms with Gasteiger partial charge in [0.25, 0.3) is 0 Å². The molecule has 0 bridgehead atoms. The normalized spacial score (nSPS) is 27.1. The van der Waals surface area contributed by atoms with E-state index in [1.165, 1.54) is 0 Å². The van der Waals surface area contributed by atoms with Crippen LogP contribution in [0.2, 0.25) is 0 Å². The molecule has 0 radical (unpaired) electrons. The first-order valence-corrected chi connectivity index (χ1v) is 5.34. The summed E-state index contributed by atoms with van der Waals surface area (Å²) in [4.78, 5) is 11.0. The zero-order valence-corrected chi connectivity index (χ0v) is 9.75. The molecule has 1 aliphatic heterocycles. The summed E-state index contributed by atoms with van der Waals surface area (Å²) in [5.41, 5.74) is -0.135. The Bertz CT molecular complexity index is 455. The van der Waals surface area contributed by atoms with Gasteiger partial charge in [-0.05, 0) is 24.6 Å². The fourth-order valence-corrected chi connectivity index (χ4v) is 1.80. The summed E-state index contributed by atoms with van der Waals surface area (Å²) < 4.78 is 5.06. The maximum atomic E-state index is 11.0. The van der Waals surface area contributed by atoms with Gasteiger partial charge in [-0.1, -0.05) is 12.1 Å². The summed E-state index contributed by atoms with van der Waals surface area (Å²) in [5, 5.41) is 16.9. The maximum Gasteiger partial charge on any atom is 0.333 e. The molecule has 17 heavy (non-hydrogen) atoms. The third kappa shape index (κ3) is 2.13. The highest BCUT2D eigenvalue weighted by atomic mass is 16.5. The molecule has 1 N–H and O–H groups in total. The summed E-state index contributed by atoms with van der Waals surface area (Å²) in [6.07, 6.45) is 0.397. The topological polar surface area (TPSA) is 71.2 Å². The first-order chi connectivity index (χ1) is 8.05. The Hall–Kier alpha value is -1.91. The van der Waals surface area contributed by atoms with E-state index in [2.05, 4.69) is 10.2 Å². The van der Waals surface area contributed by atoms with E-state index in [0.717, 1.165) is 11.3 Å². The number of carbonyl (C=O) groups is 1. The van der Waals surface area contributed by atoms with Gasteiger partial charge in [-0.25, -0.2) is 4.79 Å². The van der Waals surface area contributed by atoms with Crippen molar-refractivity contribution in [3.05, 3.63) is 29.8 Å². The van der Waals surface area contributed by atoms with E-state index in [1.54, 1.807) is 14.0 Å². The summed E-state index contributed by atoms with van der Waals surface area (Å²) in [7, 11) is 1.60. The van der Waals surface area contributed by atoms with Crippen molar-refractivity contribution in [1.82, 2.24) is 0 Å². The molecule has 5 heteroatoms. The number of hydrogen-bond acceptors (Lipinski definition) is 4. The highest BCUT2D eigenvalue weighted by Crippen LogP contribution is 2.37. The van der Waals surface area contributed by atoms with Crippen LogP contribution in [0.1, 0.15) is 24.9 Å². The van der Waals surface area contributed by atoms with Crippen LogP contribution in [0.15, 0.2) is 34.5 Å². The Morgan fingerprint density at radius 1 is 1.47 bits per heavy atom. The van der Waals surface area contributed by atoms with Crippen LogP contribution in [0.5, 0.6) is 5.75 Å². The lowest BCUT2D eigenvalue weighted by Crippen LogP contribution is -2.30. The second-order valence-electron chi connectivity index (χ2n) is 4.29. The Morgan fingerprint density at radius 2 is 2.12 bits per heavy atom. The SMILES string of the molecule is COc1ccc(C2CC(C)(C(=O)O)N=N2)cc1. The van der Waals surface area contributed by atoms with Crippen molar-refractivity contribution in [2.45, 2.75) is 24.9 Å². The Kier molecular flexibility index (Phi) is 2.83. The van der Waals surface area contributed by atoms with E-state index in [0.29, 0.717) is 6.42 Å². The number of nitrogens with zero attached hydrogens (tertiary/aromatic N) is 2. The van der Waals surface area contributed by atoms with Crippen LogP contribution in [0.25, 0.3) is 0 Å². The molecular weight excluding hydrogens is 220 g/mol. The molecule has 0 amide bonds. The number of methoxy groups -OCH3 is 1. The van der Waals surface area contributed by atoms with Gasteiger partial charge in [0.2, 0.25) is 0 Å². The summed E-state index contributed by atoms with van der Waals surface area (Å²) in [6.45, 7) is 1.59. The number of azo groups is 1. The molecular formula is C12H14N2O3. The van der Waals surface area contributed by atoms with Crippen molar-refractivity contribution in [2.24, 2.45) is 10.2 Å². The fourth-order valence-electron chi connectivity index (χ4n) is 1.80. The second kappa shape index (κ2) is 4.16. The molecule has 2 unspecified atom stereocenters. The number of carboxylic acid groups (broad SMARTS) is 1. The monoisotopic (exact) mass is 234 g/mol. The van der Waals surface area contributed by atoms with Gasteiger partial charge in [-0.2, -0.15) is 10.2 Å². The summed E-state index contributed by atoms with van der Waals surface area (Å²) in [6, 6.07) is 7.26. The molecule has 1 aromatic carbocycles. The maximum absolute atomic E-state index is 11.0. The van der Waals surface area contributed by atoms with Gasteiger partial charge in [-0.15, -0.1) is 0 Å². The lowest BCUT2D eigenvalue weighted by atomic mass is 9.92. The van der Waals surface area contributed by atoms with Gasteiger partial charge < -0.3 is 9.84 Å². The van der Waals surface area contributed by atoms with Crippen LogP contribution in [0.3, 0.4) is 0 Å². The lowest BCUT2D eigenvalue weighted by Gasteiger charge is -2.14. The van der Waals surface area contributed by atoms with E-state index < -0.39 is 11.5 Å². The van der Waals surface area contributed by atoms with Crippen molar-refractivity contribution in [2.75, 3.05) is 7.11 Å². The summed E-state index contributed by atoms with van der Waals surface area (Å²) in [5.74, 6) is -0.165. The molecule has 90 valence electrons. The van der Waals surface area contributed by atoms with Crippen molar-refractivity contribution in [3.63, 3.8) is 0 Å². The average Bonchev–Trinajstić information content (AvgIpc) is 2.74. The third-order valence-corrected chi connectivity index (χ3v) is 2.97. The minimum Gasteiger partial charge on any atom is -0.497 e. The molecule has 2 atom stereocenters. The minimum atomic E-state index is -1.09. The average molecular weight is 234 g/mol. The molecule has 0 saturated heterocycles. The first-order valence-electron chi connectivity index (χ1n) is 5.34. The summed E-state index contributed by atoms with van der Waals surface area (Å²) >= 11 is 0.